The van der Waals surface area contributed by atoms with Crippen LogP contribution in [-0.4, -0.2) is 38.9 Å². The highest BCUT2D eigenvalue weighted by atomic mass is 35.5. The van der Waals surface area contributed by atoms with E-state index in [1.807, 2.05) is 18.2 Å². The number of carbonyl (C=O) groups is 2. The molecule has 0 aliphatic rings. The van der Waals surface area contributed by atoms with Gasteiger partial charge in [-0.05, 0) is 42.3 Å². The van der Waals surface area contributed by atoms with Gasteiger partial charge in [-0.1, -0.05) is 35.9 Å². The van der Waals surface area contributed by atoms with Crippen LogP contribution in [0.5, 0.6) is 0 Å². The second kappa shape index (κ2) is 10.5. The molecule has 144 valence electrons. The van der Waals surface area contributed by atoms with Crippen molar-refractivity contribution in [2.75, 3.05) is 26.9 Å². The maximum Gasteiger partial charge on any atom is 0.406 e. The molecule has 2 aromatic rings. The van der Waals surface area contributed by atoms with Crippen LogP contribution < -0.4 is 5.32 Å². The number of benzene rings is 2. The number of nitrogens with one attached hydrogen (secondary N) is 1. The van der Waals surface area contributed by atoms with E-state index in [1.165, 1.54) is 7.11 Å². The number of amides is 1. The van der Waals surface area contributed by atoms with Crippen molar-refractivity contribution in [1.29, 1.82) is 0 Å². The van der Waals surface area contributed by atoms with Crippen LogP contribution in [0.2, 0.25) is 5.02 Å². The van der Waals surface area contributed by atoms with Gasteiger partial charge >= 0.3 is 12.1 Å². The molecule has 0 saturated carbocycles. The van der Waals surface area contributed by atoms with E-state index in [0.29, 0.717) is 17.2 Å². The Kier molecular flexibility index (Phi) is 8.10. The van der Waals surface area contributed by atoms with Crippen molar-refractivity contribution >= 4 is 23.7 Å². The zero-order valence-corrected chi connectivity index (χ0v) is 16.0. The molecule has 1 amide bonds. The lowest BCUT2D eigenvalue weighted by Gasteiger charge is -2.20. The Morgan fingerprint density at radius 2 is 1.81 bits per heavy atom. The standard InChI is InChI=1S/C20H22ClNO5/c1-3-26-19(23)16-8-4-6-14(12-16)18(15-7-5-9-17(21)13-15)27-11-10-22-20(24)25-2/h4-9,12-13,18H,3,10-11H2,1-2H3,(H,22,24)/t18-/m1/s1. The minimum atomic E-state index is -0.526. The number of ether oxygens (including phenoxy) is 3. The van der Waals surface area contributed by atoms with Gasteiger partial charge in [-0.3, -0.25) is 0 Å². The van der Waals surface area contributed by atoms with Gasteiger partial charge in [0.2, 0.25) is 0 Å². The summed E-state index contributed by atoms with van der Waals surface area (Å²) in [4.78, 5) is 23.2. The van der Waals surface area contributed by atoms with Gasteiger partial charge in [-0.2, -0.15) is 0 Å². The summed E-state index contributed by atoms with van der Waals surface area (Å²) in [5.41, 5.74) is 2.06. The van der Waals surface area contributed by atoms with E-state index >= 15 is 0 Å². The Balaban J connectivity index is 2.22. The highest BCUT2D eigenvalue weighted by Gasteiger charge is 2.17. The maximum atomic E-state index is 12.0. The molecule has 1 N–H and O–H groups in total. The van der Waals surface area contributed by atoms with Crippen LogP contribution in [0.1, 0.15) is 34.5 Å². The molecular formula is C20H22ClNO5. The van der Waals surface area contributed by atoms with Crippen molar-refractivity contribution in [3.63, 3.8) is 0 Å². The average Bonchev–Trinajstić information content (AvgIpc) is 2.68. The molecule has 0 aliphatic carbocycles. The van der Waals surface area contributed by atoms with E-state index in [4.69, 9.17) is 21.1 Å². The van der Waals surface area contributed by atoms with Gasteiger partial charge in [0.1, 0.15) is 6.10 Å². The van der Waals surface area contributed by atoms with Gasteiger partial charge in [-0.25, -0.2) is 9.59 Å². The van der Waals surface area contributed by atoms with Crippen LogP contribution >= 0.6 is 11.6 Å². The SMILES string of the molecule is CCOC(=O)c1cccc([C@@H](OCCNC(=O)OC)c2cccc(Cl)c2)c1. The molecule has 6 nitrogen and oxygen atoms in total. The first kappa shape index (κ1) is 20.7. The van der Waals surface area contributed by atoms with Crippen LogP contribution in [0.3, 0.4) is 0 Å². The Hall–Kier alpha value is -2.57. The minimum Gasteiger partial charge on any atom is -0.462 e. The summed E-state index contributed by atoms with van der Waals surface area (Å²) in [6.45, 7) is 2.58. The zero-order valence-electron chi connectivity index (χ0n) is 15.2. The average molecular weight is 392 g/mol. The fraction of sp³-hybridized carbons (Fsp3) is 0.300. The molecule has 0 unspecified atom stereocenters. The number of rotatable bonds is 8. The number of esters is 1. The predicted molar refractivity (Wildman–Crippen MR) is 102 cm³/mol. The highest BCUT2D eigenvalue weighted by Crippen LogP contribution is 2.28. The molecule has 27 heavy (non-hydrogen) atoms. The normalized spacial score (nSPS) is 11.5. The van der Waals surface area contributed by atoms with Crippen LogP contribution in [0.15, 0.2) is 48.5 Å². The first-order valence-corrected chi connectivity index (χ1v) is 8.89. The van der Waals surface area contributed by atoms with Gasteiger partial charge in [0.05, 0.1) is 25.9 Å². The lowest BCUT2D eigenvalue weighted by atomic mass is 9.99. The molecule has 0 saturated heterocycles. The molecule has 0 heterocycles. The lowest BCUT2D eigenvalue weighted by molar-refractivity contribution is 0.0525. The Bertz CT molecular complexity index is 780. The number of hydrogen-bond acceptors (Lipinski definition) is 5. The molecule has 0 bridgehead atoms. The van der Waals surface area contributed by atoms with Crippen LogP contribution in [0, 0.1) is 0 Å². The highest BCUT2D eigenvalue weighted by molar-refractivity contribution is 6.30. The smallest absolute Gasteiger partial charge is 0.406 e. The van der Waals surface area contributed by atoms with Crippen molar-refractivity contribution in [3.05, 3.63) is 70.2 Å². The summed E-state index contributed by atoms with van der Waals surface area (Å²) >= 11 is 6.12. The van der Waals surface area contributed by atoms with E-state index in [-0.39, 0.29) is 13.2 Å². The fourth-order valence-corrected chi connectivity index (χ4v) is 2.70. The molecule has 0 aliphatic heterocycles. The van der Waals surface area contributed by atoms with Gasteiger partial charge in [0, 0.05) is 11.6 Å². The summed E-state index contributed by atoms with van der Waals surface area (Å²) in [5.74, 6) is -0.392. The summed E-state index contributed by atoms with van der Waals surface area (Å²) in [6, 6.07) is 14.4. The fourth-order valence-electron chi connectivity index (χ4n) is 2.50. The molecular weight excluding hydrogens is 370 g/mol. The quantitative estimate of drug-likeness (QED) is 0.544. The Morgan fingerprint density at radius 3 is 2.48 bits per heavy atom. The predicted octanol–water partition coefficient (Wildman–Crippen LogP) is 3.98. The maximum absolute atomic E-state index is 12.0. The molecule has 0 radical (unpaired) electrons. The van der Waals surface area contributed by atoms with Crippen molar-refractivity contribution in [1.82, 2.24) is 5.32 Å². The summed E-state index contributed by atoms with van der Waals surface area (Å²) < 4.78 is 15.6. The monoisotopic (exact) mass is 391 g/mol. The molecule has 0 aromatic heterocycles. The van der Waals surface area contributed by atoms with Crippen molar-refractivity contribution < 1.29 is 23.8 Å². The van der Waals surface area contributed by atoms with Crippen molar-refractivity contribution in [3.8, 4) is 0 Å². The Labute approximate surface area is 163 Å². The van der Waals surface area contributed by atoms with E-state index < -0.39 is 18.2 Å². The van der Waals surface area contributed by atoms with Gasteiger partial charge < -0.3 is 19.5 Å². The van der Waals surface area contributed by atoms with Gasteiger partial charge in [0.15, 0.2) is 0 Å². The van der Waals surface area contributed by atoms with Gasteiger partial charge in [0.25, 0.3) is 0 Å². The minimum absolute atomic E-state index is 0.246. The summed E-state index contributed by atoms with van der Waals surface area (Å²) in [5, 5.41) is 3.14. The molecule has 7 heteroatoms. The van der Waals surface area contributed by atoms with E-state index in [0.717, 1.165) is 11.1 Å². The first-order valence-electron chi connectivity index (χ1n) is 8.51. The zero-order chi connectivity index (χ0) is 19.6. The summed E-state index contributed by atoms with van der Waals surface area (Å²) in [6.07, 6.45) is -0.986. The number of halogens is 1. The second-order valence-electron chi connectivity index (χ2n) is 5.57. The third-order valence-electron chi connectivity index (χ3n) is 3.69. The summed E-state index contributed by atoms with van der Waals surface area (Å²) in [7, 11) is 1.30. The van der Waals surface area contributed by atoms with Crippen LogP contribution in [-0.2, 0) is 14.2 Å². The topological polar surface area (TPSA) is 73.9 Å². The number of methoxy groups -OCH3 is 1. The molecule has 2 rings (SSSR count). The lowest BCUT2D eigenvalue weighted by Crippen LogP contribution is -2.27. The Morgan fingerprint density at radius 1 is 1.11 bits per heavy atom. The molecule has 2 aromatic carbocycles. The third kappa shape index (κ3) is 6.27. The first-order chi connectivity index (χ1) is 13.0. The van der Waals surface area contributed by atoms with E-state index in [2.05, 4.69) is 10.1 Å². The van der Waals surface area contributed by atoms with Crippen molar-refractivity contribution in [2.45, 2.75) is 13.0 Å². The number of alkyl carbamates (subject to hydrolysis) is 1. The van der Waals surface area contributed by atoms with Crippen LogP contribution in [0.4, 0.5) is 4.79 Å². The number of hydrogen-bond donors (Lipinski definition) is 1. The third-order valence-corrected chi connectivity index (χ3v) is 3.93. The second-order valence-corrected chi connectivity index (χ2v) is 6.01. The molecule has 0 fully saturated rings. The van der Waals surface area contributed by atoms with Crippen molar-refractivity contribution in [2.24, 2.45) is 0 Å². The number of carbonyl (C=O) groups excluding carboxylic acids is 2. The van der Waals surface area contributed by atoms with E-state index in [1.54, 1.807) is 37.3 Å². The van der Waals surface area contributed by atoms with Gasteiger partial charge in [-0.15, -0.1) is 0 Å². The van der Waals surface area contributed by atoms with Crippen LogP contribution in [0.25, 0.3) is 0 Å². The largest absolute Gasteiger partial charge is 0.462 e. The molecule has 0 spiro atoms. The van der Waals surface area contributed by atoms with E-state index in [9.17, 15) is 9.59 Å². The molecule has 1 atom stereocenters.